The average Bonchev–Trinajstić information content (AvgIpc) is 3.07. The molecule has 0 spiro atoms. The Kier molecular flexibility index (Phi) is 6.03. The van der Waals surface area contributed by atoms with E-state index >= 15 is 0 Å². The molecule has 28 heavy (non-hydrogen) atoms. The van der Waals surface area contributed by atoms with Crippen molar-refractivity contribution in [3.8, 4) is 0 Å². The number of benzene rings is 1. The molecule has 2 aromatic rings. The fraction of sp³-hybridized carbons (Fsp3) is 0.476. The van der Waals surface area contributed by atoms with Crippen LogP contribution in [-0.2, 0) is 16.0 Å². The number of hydrogen-bond acceptors (Lipinski definition) is 7. The summed E-state index contributed by atoms with van der Waals surface area (Å²) in [7, 11) is 2.16. The maximum Gasteiger partial charge on any atom is 0.311 e. The van der Waals surface area contributed by atoms with Gasteiger partial charge < -0.3 is 9.64 Å². The number of rotatable bonds is 6. The largest absolute Gasteiger partial charge is 0.466 e. The van der Waals surface area contributed by atoms with Crippen LogP contribution < -0.4 is 10.3 Å². The van der Waals surface area contributed by atoms with Crippen LogP contribution in [-0.4, -0.2) is 36.4 Å². The minimum Gasteiger partial charge on any atom is -0.466 e. The zero-order valence-electron chi connectivity index (χ0n) is 17.2. The molecule has 1 aliphatic rings. The van der Waals surface area contributed by atoms with Crippen LogP contribution >= 0.6 is 11.3 Å². The van der Waals surface area contributed by atoms with Gasteiger partial charge in [-0.25, -0.2) is 4.98 Å². The molecule has 3 rings (SSSR count). The third-order valence-electron chi connectivity index (χ3n) is 5.21. The summed E-state index contributed by atoms with van der Waals surface area (Å²) in [6.07, 6.45) is 3.11. The molecular formula is C21H28N4O2S. The van der Waals surface area contributed by atoms with Crippen molar-refractivity contribution in [2.75, 3.05) is 24.0 Å². The summed E-state index contributed by atoms with van der Waals surface area (Å²) in [4.78, 5) is 18.2. The first kappa shape index (κ1) is 20.3. The Morgan fingerprint density at radius 1 is 1.50 bits per heavy atom. The Labute approximate surface area is 170 Å². The number of nitrogens with one attached hydrogen (secondary N) is 1. The number of carbonyl (C=O) groups is 1. The smallest absolute Gasteiger partial charge is 0.311 e. The first-order chi connectivity index (χ1) is 13.3. The van der Waals surface area contributed by atoms with Gasteiger partial charge in [-0.2, -0.15) is 5.10 Å². The van der Waals surface area contributed by atoms with Gasteiger partial charge in [-0.05, 0) is 56.4 Å². The Bertz CT molecular complexity index is 875. The van der Waals surface area contributed by atoms with E-state index in [1.165, 1.54) is 22.6 Å². The van der Waals surface area contributed by atoms with Gasteiger partial charge in [0.1, 0.15) is 0 Å². The number of nitrogens with zero attached hydrogens (tertiary/aromatic N) is 3. The Hall–Kier alpha value is -2.41. The summed E-state index contributed by atoms with van der Waals surface area (Å²) in [5.74, 6) is 0.242. The summed E-state index contributed by atoms with van der Waals surface area (Å²) in [6, 6.07) is 6.47. The Morgan fingerprint density at radius 2 is 2.29 bits per heavy atom. The summed E-state index contributed by atoms with van der Waals surface area (Å²) >= 11 is 1.42. The molecule has 2 heterocycles. The van der Waals surface area contributed by atoms with Crippen molar-refractivity contribution in [2.45, 2.75) is 52.0 Å². The van der Waals surface area contributed by atoms with Crippen molar-refractivity contribution < 1.29 is 9.53 Å². The van der Waals surface area contributed by atoms with E-state index in [1.54, 1.807) is 13.1 Å². The highest BCUT2D eigenvalue weighted by Crippen LogP contribution is 2.42. The molecule has 1 aromatic carbocycles. The number of hydrogen-bond donors (Lipinski definition) is 1. The van der Waals surface area contributed by atoms with Crippen LogP contribution in [0.3, 0.4) is 0 Å². The van der Waals surface area contributed by atoms with Gasteiger partial charge in [-0.15, -0.1) is 11.3 Å². The summed E-state index contributed by atoms with van der Waals surface area (Å²) in [5, 5.41) is 6.80. The maximum atomic E-state index is 11.5. The molecule has 0 aliphatic carbocycles. The lowest BCUT2D eigenvalue weighted by Gasteiger charge is -2.45. The molecule has 6 nitrogen and oxygen atoms in total. The topological polar surface area (TPSA) is 66.8 Å². The third-order valence-corrected chi connectivity index (χ3v) is 6.01. The van der Waals surface area contributed by atoms with Crippen LogP contribution in [0.1, 0.15) is 56.9 Å². The molecule has 1 atom stereocenters. The third kappa shape index (κ3) is 4.52. The van der Waals surface area contributed by atoms with Crippen molar-refractivity contribution in [1.82, 2.24) is 4.98 Å². The molecule has 1 unspecified atom stereocenters. The Balaban J connectivity index is 1.65. The van der Waals surface area contributed by atoms with Crippen LogP contribution in [0, 0.1) is 0 Å². The molecule has 0 amide bonds. The van der Waals surface area contributed by atoms with Gasteiger partial charge in [-0.3, -0.25) is 10.2 Å². The number of hydrazone groups is 1. The monoisotopic (exact) mass is 400 g/mol. The van der Waals surface area contributed by atoms with Crippen molar-refractivity contribution in [3.05, 3.63) is 40.4 Å². The molecule has 0 fully saturated rings. The summed E-state index contributed by atoms with van der Waals surface area (Å²) < 4.78 is 4.94. The van der Waals surface area contributed by atoms with Gasteiger partial charge in [0.2, 0.25) is 5.13 Å². The molecule has 1 aromatic heterocycles. The van der Waals surface area contributed by atoms with E-state index < -0.39 is 0 Å². The zero-order valence-corrected chi connectivity index (χ0v) is 18.0. The van der Waals surface area contributed by atoms with Gasteiger partial charge in [0.25, 0.3) is 0 Å². The van der Waals surface area contributed by atoms with Crippen molar-refractivity contribution in [1.29, 1.82) is 0 Å². The van der Waals surface area contributed by atoms with Crippen LogP contribution in [0.2, 0.25) is 0 Å². The number of esters is 1. The van der Waals surface area contributed by atoms with E-state index in [-0.39, 0.29) is 17.9 Å². The van der Waals surface area contributed by atoms with E-state index in [1.807, 2.05) is 5.38 Å². The standard InChI is InChI=1S/C21H28N4O2S/c1-6-27-19(26)10-16-13-28-20(23-16)24-22-12-15-7-8-18-17(9-15)14(2)11-21(3,4)25(18)5/h7-9,12-14H,6,10-11H2,1-5H3,(H,23,24). The SMILES string of the molecule is CCOC(=O)Cc1csc(NN=Cc2ccc3c(c2)C(C)CC(C)(C)N3C)n1. The lowest BCUT2D eigenvalue weighted by atomic mass is 9.80. The van der Waals surface area contributed by atoms with Crippen molar-refractivity contribution >= 4 is 34.3 Å². The predicted molar refractivity (Wildman–Crippen MR) is 116 cm³/mol. The molecule has 1 N–H and O–H groups in total. The molecule has 0 bridgehead atoms. The number of aromatic nitrogens is 1. The van der Waals surface area contributed by atoms with E-state index in [0.29, 0.717) is 23.4 Å². The Morgan fingerprint density at radius 3 is 3.04 bits per heavy atom. The second-order valence-electron chi connectivity index (χ2n) is 7.79. The minimum absolute atomic E-state index is 0.162. The van der Waals surface area contributed by atoms with Gasteiger partial charge in [0.05, 0.1) is 24.9 Å². The predicted octanol–water partition coefficient (Wildman–Crippen LogP) is 4.42. The van der Waals surface area contributed by atoms with Crippen LogP contribution in [0.4, 0.5) is 10.8 Å². The summed E-state index contributed by atoms with van der Waals surface area (Å²) in [6.45, 7) is 9.03. The number of fused-ring (bicyclic) bond motifs is 1. The van der Waals surface area contributed by atoms with Gasteiger partial charge in [0, 0.05) is 23.7 Å². The van der Waals surface area contributed by atoms with Gasteiger partial charge in [0.15, 0.2) is 0 Å². The van der Waals surface area contributed by atoms with Gasteiger partial charge in [-0.1, -0.05) is 13.0 Å². The molecule has 0 saturated carbocycles. The fourth-order valence-corrected chi connectivity index (χ4v) is 4.30. The first-order valence-corrected chi connectivity index (χ1v) is 10.4. The lowest BCUT2D eigenvalue weighted by Crippen LogP contribution is -2.45. The quantitative estimate of drug-likeness (QED) is 0.442. The number of ether oxygens (including phenoxy) is 1. The molecule has 150 valence electrons. The normalized spacial score (nSPS) is 18.2. The lowest BCUT2D eigenvalue weighted by molar-refractivity contribution is -0.142. The highest BCUT2D eigenvalue weighted by molar-refractivity contribution is 7.13. The second kappa shape index (κ2) is 8.31. The maximum absolute atomic E-state index is 11.5. The molecule has 1 aliphatic heterocycles. The van der Waals surface area contributed by atoms with Crippen molar-refractivity contribution in [3.63, 3.8) is 0 Å². The molecule has 0 radical (unpaired) electrons. The van der Waals surface area contributed by atoms with E-state index in [4.69, 9.17) is 4.74 Å². The van der Waals surface area contributed by atoms with Crippen molar-refractivity contribution in [2.24, 2.45) is 5.10 Å². The zero-order chi connectivity index (χ0) is 20.3. The highest BCUT2D eigenvalue weighted by atomic mass is 32.1. The second-order valence-corrected chi connectivity index (χ2v) is 8.65. The van der Waals surface area contributed by atoms with E-state index in [0.717, 1.165) is 12.0 Å². The van der Waals surface area contributed by atoms with E-state index in [2.05, 4.69) is 66.4 Å². The average molecular weight is 401 g/mol. The molecular weight excluding hydrogens is 372 g/mol. The number of thiazole rings is 1. The van der Waals surface area contributed by atoms with Gasteiger partial charge >= 0.3 is 5.97 Å². The molecule has 0 saturated heterocycles. The highest BCUT2D eigenvalue weighted by Gasteiger charge is 2.33. The number of carbonyl (C=O) groups excluding carboxylic acids is 1. The number of anilines is 2. The van der Waals surface area contributed by atoms with Crippen LogP contribution in [0.5, 0.6) is 0 Å². The van der Waals surface area contributed by atoms with Crippen LogP contribution in [0.15, 0.2) is 28.7 Å². The minimum atomic E-state index is -0.265. The van der Waals surface area contributed by atoms with E-state index in [9.17, 15) is 4.79 Å². The first-order valence-electron chi connectivity index (χ1n) is 9.57. The van der Waals surface area contributed by atoms with Crippen LogP contribution in [0.25, 0.3) is 0 Å². The fourth-order valence-electron chi connectivity index (χ4n) is 3.64. The summed E-state index contributed by atoms with van der Waals surface area (Å²) in [5.41, 5.74) is 7.50. The molecule has 7 heteroatoms.